The van der Waals surface area contributed by atoms with Crippen molar-refractivity contribution in [3.8, 4) is 0 Å². The minimum absolute atomic E-state index is 0.307. The minimum atomic E-state index is -0.740. The molecule has 1 aliphatic heterocycles. The quantitative estimate of drug-likeness (QED) is 0.915. The topological polar surface area (TPSA) is 40.5 Å². The lowest BCUT2D eigenvalue weighted by Crippen LogP contribution is -2.35. The van der Waals surface area contributed by atoms with E-state index in [0.29, 0.717) is 11.3 Å². The Hall–Kier alpha value is -1.35. The Morgan fingerprint density at radius 3 is 2.43 bits per heavy atom. The van der Waals surface area contributed by atoms with Crippen molar-refractivity contribution in [2.45, 2.75) is 46.1 Å². The summed E-state index contributed by atoms with van der Waals surface area (Å²) in [5.74, 6) is -0.0665. The van der Waals surface area contributed by atoms with Gasteiger partial charge < -0.3 is 5.11 Å². The molecule has 116 valence electrons. The summed E-state index contributed by atoms with van der Waals surface area (Å²) in [6.45, 7) is 8.61. The van der Waals surface area contributed by atoms with Crippen molar-refractivity contribution in [3.05, 3.63) is 35.9 Å². The largest absolute Gasteiger partial charge is 0.480 e. The molecule has 0 amide bonds. The second-order valence-corrected chi connectivity index (χ2v) is 7.18. The standard InChI is InChI=1S/C18H27NO2/c1-18(2,3)15-10-7-12-19(13-11-15)16(17(20)21)14-8-5-4-6-9-14/h4-6,8-9,15-16H,7,10-13H2,1-3H3,(H,20,21). The highest BCUT2D eigenvalue weighted by Gasteiger charge is 2.32. The Labute approximate surface area is 128 Å². The Morgan fingerprint density at radius 2 is 1.86 bits per heavy atom. The number of nitrogens with zero attached hydrogens (tertiary/aromatic N) is 1. The fourth-order valence-electron chi connectivity index (χ4n) is 3.39. The van der Waals surface area contributed by atoms with Crippen molar-refractivity contribution in [1.82, 2.24) is 4.90 Å². The SMILES string of the molecule is CC(C)(C)C1CCCN(C(C(=O)O)c2ccccc2)CC1. The van der Waals surface area contributed by atoms with Crippen molar-refractivity contribution in [2.75, 3.05) is 13.1 Å². The summed E-state index contributed by atoms with van der Waals surface area (Å²) < 4.78 is 0. The predicted molar refractivity (Wildman–Crippen MR) is 85.2 cm³/mol. The normalized spacial score (nSPS) is 22.5. The maximum absolute atomic E-state index is 11.7. The molecule has 1 saturated heterocycles. The molecule has 1 fully saturated rings. The number of aliphatic carboxylic acids is 1. The van der Waals surface area contributed by atoms with Gasteiger partial charge in [0.2, 0.25) is 0 Å². The molecule has 1 aliphatic rings. The van der Waals surface area contributed by atoms with Crippen molar-refractivity contribution >= 4 is 5.97 Å². The molecule has 3 heteroatoms. The van der Waals surface area contributed by atoms with Crippen LogP contribution in [0.4, 0.5) is 0 Å². The molecule has 1 aromatic rings. The zero-order chi connectivity index (χ0) is 15.5. The number of carbonyl (C=O) groups is 1. The molecule has 21 heavy (non-hydrogen) atoms. The Balaban J connectivity index is 2.14. The molecule has 1 heterocycles. The van der Waals surface area contributed by atoms with Gasteiger partial charge >= 0.3 is 5.97 Å². The molecule has 1 aromatic carbocycles. The Bertz CT molecular complexity index is 464. The van der Waals surface area contributed by atoms with Crippen LogP contribution in [0.25, 0.3) is 0 Å². The summed E-state index contributed by atoms with van der Waals surface area (Å²) in [4.78, 5) is 13.9. The molecule has 3 nitrogen and oxygen atoms in total. The zero-order valence-corrected chi connectivity index (χ0v) is 13.4. The molecular formula is C18H27NO2. The summed E-state index contributed by atoms with van der Waals surface area (Å²) in [7, 11) is 0. The number of carboxylic acid groups (broad SMARTS) is 1. The van der Waals surface area contributed by atoms with Gasteiger partial charge in [0, 0.05) is 0 Å². The summed E-state index contributed by atoms with van der Waals surface area (Å²) in [5, 5.41) is 9.65. The monoisotopic (exact) mass is 289 g/mol. The number of likely N-dealkylation sites (tertiary alicyclic amines) is 1. The Kier molecular flexibility index (Phi) is 5.04. The van der Waals surface area contributed by atoms with E-state index in [-0.39, 0.29) is 0 Å². The van der Waals surface area contributed by atoms with E-state index in [1.807, 2.05) is 30.3 Å². The van der Waals surface area contributed by atoms with E-state index in [0.717, 1.165) is 31.5 Å². The van der Waals surface area contributed by atoms with Crippen LogP contribution in [0.1, 0.15) is 51.6 Å². The van der Waals surface area contributed by atoms with Crippen molar-refractivity contribution in [3.63, 3.8) is 0 Å². The van der Waals surface area contributed by atoms with Gasteiger partial charge in [-0.15, -0.1) is 0 Å². The first-order chi connectivity index (χ1) is 9.89. The van der Waals surface area contributed by atoms with Gasteiger partial charge in [-0.1, -0.05) is 51.1 Å². The maximum Gasteiger partial charge on any atom is 0.325 e. The molecule has 0 bridgehead atoms. The van der Waals surface area contributed by atoms with Crippen LogP contribution >= 0.6 is 0 Å². The summed E-state index contributed by atoms with van der Waals surface area (Å²) in [6.07, 6.45) is 3.36. The molecule has 0 aromatic heterocycles. The van der Waals surface area contributed by atoms with E-state index in [2.05, 4.69) is 25.7 Å². The van der Waals surface area contributed by atoms with Crippen molar-refractivity contribution in [1.29, 1.82) is 0 Å². The fraction of sp³-hybridized carbons (Fsp3) is 0.611. The number of rotatable bonds is 3. The average Bonchev–Trinajstić information content (AvgIpc) is 2.65. The van der Waals surface area contributed by atoms with Crippen LogP contribution in [0.3, 0.4) is 0 Å². The van der Waals surface area contributed by atoms with Gasteiger partial charge in [-0.05, 0) is 49.2 Å². The smallest absolute Gasteiger partial charge is 0.325 e. The van der Waals surface area contributed by atoms with Crippen LogP contribution in [-0.4, -0.2) is 29.1 Å². The molecule has 2 unspecified atom stereocenters. The third-order valence-electron chi connectivity index (χ3n) is 4.70. The fourth-order valence-corrected chi connectivity index (χ4v) is 3.39. The van der Waals surface area contributed by atoms with E-state index < -0.39 is 12.0 Å². The van der Waals surface area contributed by atoms with Crippen LogP contribution in [0.2, 0.25) is 0 Å². The first-order valence-electron chi connectivity index (χ1n) is 7.91. The number of hydrogen-bond donors (Lipinski definition) is 1. The Morgan fingerprint density at radius 1 is 1.19 bits per heavy atom. The van der Waals surface area contributed by atoms with Gasteiger partial charge in [0.05, 0.1) is 0 Å². The van der Waals surface area contributed by atoms with Crippen molar-refractivity contribution in [2.24, 2.45) is 11.3 Å². The molecule has 0 radical (unpaired) electrons. The third-order valence-corrected chi connectivity index (χ3v) is 4.70. The van der Waals surface area contributed by atoms with Gasteiger partial charge in [-0.25, -0.2) is 0 Å². The second kappa shape index (κ2) is 6.61. The zero-order valence-electron chi connectivity index (χ0n) is 13.4. The molecule has 0 spiro atoms. The van der Waals surface area contributed by atoms with Gasteiger partial charge in [0.1, 0.15) is 6.04 Å². The van der Waals surface area contributed by atoms with Gasteiger partial charge in [0.25, 0.3) is 0 Å². The molecule has 2 atom stereocenters. The minimum Gasteiger partial charge on any atom is -0.480 e. The lowest BCUT2D eigenvalue weighted by Gasteiger charge is -2.31. The predicted octanol–water partition coefficient (Wildman–Crippen LogP) is 3.96. The third kappa shape index (κ3) is 4.07. The molecule has 1 N–H and O–H groups in total. The first kappa shape index (κ1) is 16.0. The molecule has 0 aliphatic carbocycles. The van der Waals surface area contributed by atoms with E-state index >= 15 is 0 Å². The highest BCUT2D eigenvalue weighted by Crippen LogP contribution is 2.36. The van der Waals surface area contributed by atoms with Crippen LogP contribution in [0.15, 0.2) is 30.3 Å². The number of benzene rings is 1. The van der Waals surface area contributed by atoms with E-state index in [1.165, 1.54) is 6.42 Å². The second-order valence-electron chi connectivity index (χ2n) is 7.18. The average molecular weight is 289 g/mol. The van der Waals surface area contributed by atoms with Gasteiger partial charge in [-0.3, -0.25) is 9.69 Å². The van der Waals surface area contributed by atoms with Gasteiger partial charge in [0.15, 0.2) is 0 Å². The van der Waals surface area contributed by atoms with E-state index in [4.69, 9.17) is 0 Å². The van der Waals surface area contributed by atoms with Crippen LogP contribution in [0.5, 0.6) is 0 Å². The summed E-state index contributed by atoms with van der Waals surface area (Å²) in [6, 6.07) is 9.10. The first-order valence-corrected chi connectivity index (χ1v) is 7.91. The lowest BCUT2D eigenvalue weighted by molar-refractivity contribution is -0.143. The summed E-state index contributed by atoms with van der Waals surface area (Å²) >= 11 is 0. The summed E-state index contributed by atoms with van der Waals surface area (Å²) in [5.41, 5.74) is 1.20. The molecule has 2 rings (SSSR count). The molecular weight excluding hydrogens is 262 g/mol. The van der Waals surface area contributed by atoms with E-state index in [1.54, 1.807) is 0 Å². The van der Waals surface area contributed by atoms with Crippen LogP contribution in [0, 0.1) is 11.3 Å². The molecule has 0 saturated carbocycles. The highest BCUT2D eigenvalue weighted by atomic mass is 16.4. The number of carboxylic acids is 1. The number of hydrogen-bond acceptors (Lipinski definition) is 2. The van der Waals surface area contributed by atoms with Crippen LogP contribution in [-0.2, 0) is 4.79 Å². The maximum atomic E-state index is 11.7. The lowest BCUT2D eigenvalue weighted by atomic mass is 9.77. The van der Waals surface area contributed by atoms with Crippen molar-refractivity contribution < 1.29 is 9.90 Å². The van der Waals surface area contributed by atoms with E-state index in [9.17, 15) is 9.90 Å². The van der Waals surface area contributed by atoms with Gasteiger partial charge in [-0.2, -0.15) is 0 Å². The highest BCUT2D eigenvalue weighted by molar-refractivity contribution is 5.75. The van der Waals surface area contributed by atoms with Crippen LogP contribution < -0.4 is 0 Å².